The molecule has 0 aliphatic heterocycles. The second kappa shape index (κ2) is 6.55. The van der Waals surface area contributed by atoms with E-state index in [1.165, 1.54) is 16.8 Å². The molecule has 0 aliphatic rings. The normalized spacial score (nSPS) is 11.4. The Morgan fingerprint density at radius 1 is 1.04 bits per heavy atom. The average Bonchev–Trinajstić information content (AvgIpc) is 2.97. The number of aryl methyl sites for hydroxylation is 1. The maximum atomic E-state index is 12.6. The number of carbonyl (C=O) groups is 1. The molecule has 2 N–H and O–H groups in total. The van der Waals surface area contributed by atoms with Gasteiger partial charge in [-0.15, -0.1) is 0 Å². The summed E-state index contributed by atoms with van der Waals surface area (Å²) in [6.07, 6.45) is -4.38. The van der Waals surface area contributed by atoms with Gasteiger partial charge in [0.2, 0.25) is 0 Å². The SMILES string of the molecule is Cn1nc(-c2ccc(Oc3ccc(C(F)(F)F)cc3)cc2)cc1C(N)=O. The van der Waals surface area contributed by atoms with Crippen LogP contribution in [-0.2, 0) is 13.2 Å². The maximum Gasteiger partial charge on any atom is 0.416 e. The summed E-state index contributed by atoms with van der Waals surface area (Å²) in [6.45, 7) is 0. The molecule has 2 aromatic carbocycles. The fourth-order valence-corrected chi connectivity index (χ4v) is 2.38. The zero-order valence-electron chi connectivity index (χ0n) is 13.6. The standard InChI is InChI=1S/C18H14F3N3O2/c1-24-16(17(22)25)10-15(23-24)11-2-6-13(7-3-11)26-14-8-4-12(5-9-14)18(19,20)21/h2-10H,1H3,(H2,22,25). The second-order valence-electron chi connectivity index (χ2n) is 5.55. The fourth-order valence-electron chi connectivity index (χ4n) is 2.38. The Hall–Kier alpha value is -3.29. The summed E-state index contributed by atoms with van der Waals surface area (Å²) in [4.78, 5) is 11.3. The highest BCUT2D eigenvalue weighted by Crippen LogP contribution is 2.31. The first-order chi connectivity index (χ1) is 12.2. The van der Waals surface area contributed by atoms with Gasteiger partial charge in [-0.25, -0.2) is 0 Å². The number of hydrogen-bond acceptors (Lipinski definition) is 3. The Labute approximate surface area is 146 Å². The summed E-state index contributed by atoms with van der Waals surface area (Å²) in [5.41, 5.74) is 6.13. The number of carbonyl (C=O) groups excluding carboxylic acids is 1. The lowest BCUT2D eigenvalue weighted by Crippen LogP contribution is -2.15. The molecule has 8 heteroatoms. The third-order valence-corrected chi connectivity index (χ3v) is 3.70. The van der Waals surface area contributed by atoms with E-state index >= 15 is 0 Å². The number of alkyl halides is 3. The molecule has 0 atom stereocenters. The van der Waals surface area contributed by atoms with Crippen LogP contribution in [0.2, 0.25) is 0 Å². The number of amides is 1. The molecule has 0 unspecified atom stereocenters. The summed E-state index contributed by atoms with van der Waals surface area (Å²) >= 11 is 0. The van der Waals surface area contributed by atoms with E-state index in [0.717, 1.165) is 17.7 Å². The van der Waals surface area contributed by atoms with Crippen LogP contribution < -0.4 is 10.5 Å². The van der Waals surface area contributed by atoms with Crippen LogP contribution in [0, 0.1) is 0 Å². The van der Waals surface area contributed by atoms with Crippen LogP contribution in [0.25, 0.3) is 11.3 Å². The van der Waals surface area contributed by atoms with Crippen molar-refractivity contribution in [1.29, 1.82) is 0 Å². The molecule has 26 heavy (non-hydrogen) atoms. The Balaban J connectivity index is 1.76. The number of rotatable bonds is 4. The number of aromatic nitrogens is 2. The quantitative estimate of drug-likeness (QED) is 0.764. The Morgan fingerprint density at radius 3 is 2.04 bits per heavy atom. The van der Waals surface area contributed by atoms with Crippen LogP contribution in [0.1, 0.15) is 16.1 Å². The first kappa shape index (κ1) is 17.5. The number of primary amides is 1. The number of benzene rings is 2. The van der Waals surface area contributed by atoms with Crippen LogP contribution >= 0.6 is 0 Å². The van der Waals surface area contributed by atoms with Crippen molar-refractivity contribution >= 4 is 5.91 Å². The van der Waals surface area contributed by atoms with Crippen molar-refractivity contribution in [2.24, 2.45) is 12.8 Å². The van der Waals surface area contributed by atoms with Crippen molar-refractivity contribution in [3.8, 4) is 22.8 Å². The minimum absolute atomic E-state index is 0.282. The van der Waals surface area contributed by atoms with Crippen LogP contribution in [0.5, 0.6) is 11.5 Å². The van der Waals surface area contributed by atoms with Gasteiger partial charge in [0.15, 0.2) is 0 Å². The molecule has 1 heterocycles. The molecule has 0 aliphatic carbocycles. The number of nitrogens with zero attached hydrogens (tertiary/aromatic N) is 2. The Bertz CT molecular complexity index is 930. The average molecular weight is 361 g/mol. The highest BCUT2D eigenvalue weighted by molar-refractivity contribution is 5.92. The van der Waals surface area contributed by atoms with Crippen LogP contribution in [0.15, 0.2) is 54.6 Å². The molecule has 1 aromatic heterocycles. The van der Waals surface area contributed by atoms with E-state index in [1.807, 2.05) is 0 Å². The van der Waals surface area contributed by atoms with Crippen molar-refractivity contribution in [2.75, 3.05) is 0 Å². The zero-order chi connectivity index (χ0) is 18.9. The zero-order valence-corrected chi connectivity index (χ0v) is 13.6. The lowest BCUT2D eigenvalue weighted by atomic mass is 10.1. The second-order valence-corrected chi connectivity index (χ2v) is 5.55. The molecule has 5 nitrogen and oxygen atoms in total. The third-order valence-electron chi connectivity index (χ3n) is 3.70. The van der Waals surface area contributed by atoms with E-state index in [9.17, 15) is 18.0 Å². The molecular weight excluding hydrogens is 347 g/mol. The molecule has 134 valence electrons. The highest BCUT2D eigenvalue weighted by atomic mass is 19.4. The predicted octanol–water partition coefficient (Wildman–Crippen LogP) is 4.00. The number of ether oxygens (including phenoxy) is 1. The first-order valence-corrected chi connectivity index (χ1v) is 7.53. The van der Waals surface area contributed by atoms with Gasteiger partial charge in [0.05, 0.1) is 11.3 Å². The van der Waals surface area contributed by atoms with E-state index < -0.39 is 17.6 Å². The van der Waals surface area contributed by atoms with Gasteiger partial charge >= 0.3 is 6.18 Å². The van der Waals surface area contributed by atoms with E-state index in [4.69, 9.17) is 10.5 Å². The number of halogens is 3. The molecular formula is C18H14F3N3O2. The molecule has 0 saturated heterocycles. The molecule has 1 amide bonds. The van der Waals surface area contributed by atoms with E-state index in [0.29, 0.717) is 17.2 Å². The van der Waals surface area contributed by atoms with Crippen LogP contribution in [0.3, 0.4) is 0 Å². The fraction of sp³-hybridized carbons (Fsp3) is 0.111. The van der Waals surface area contributed by atoms with Crippen LogP contribution in [-0.4, -0.2) is 15.7 Å². The van der Waals surface area contributed by atoms with Crippen molar-refractivity contribution in [3.63, 3.8) is 0 Å². The molecule has 3 rings (SSSR count). The maximum absolute atomic E-state index is 12.6. The monoisotopic (exact) mass is 361 g/mol. The smallest absolute Gasteiger partial charge is 0.416 e. The largest absolute Gasteiger partial charge is 0.457 e. The minimum Gasteiger partial charge on any atom is -0.457 e. The topological polar surface area (TPSA) is 70.1 Å². The molecule has 0 fully saturated rings. The molecule has 0 spiro atoms. The van der Waals surface area contributed by atoms with E-state index in [-0.39, 0.29) is 5.69 Å². The van der Waals surface area contributed by atoms with Crippen LogP contribution in [0.4, 0.5) is 13.2 Å². The summed E-state index contributed by atoms with van der Waals surface area (Å²) in [7, 11) is 1.62. The van der Waals surface area contributed by atoms with Gasteiger partial charge in [-0.05, 0) is 54.6 Å². The van der Waals surface area contributed by atoms with Gasteiger partial charge in [-0.2, -0.15) is 18.3 Å². The van der Waals surface area contributed by atoms with E-state index in [1.54, 1.807) is 37.4 Å². The van der Waals surface area contributed by atoms with Crippen molar-refractivity contribution in [2.45, 2.75) is 6.18 Å². The highest BCUT2D eigenvalue weighted by Gasteiger charge is 2.30. The molecule has 0 bridgehead atoms. The Kier molecular flexibility index (Phi) is 4.41. The van der Waals surface area contributed by atoms with Gasteiger partial charge < -0.3 is 10.5 Å². The summed E-state index contributed by atoms with van der Waals surface area (Å²) in [5.74, 6) is 0.174. The summed E-state index contributed by atoms with van der Waals surface area (Å²) in [6, 6.07) is 12.8. The molecule has 0 saturated carbocycles. The van der Waals surface area contributed by atoms with Gasteiger partial charge in [0.1, 0.15) is 17.2 Å². The number of hydrogen-bond donors (Lipinski definition) is 1. The van der Waals surface area contributed by atoms with Gasteiger partial charge in [-0.1, -0.05) is 0 Å². The Morgan fingerprint density at radius 2 is 1.58 bits per heavy atom. The van der Waals surface area contributed by atoms with Gasteiger partial charge in [0, 0.05) is 12.6 Å². The summed E-state index contributed by atoms with van der Waals surface area (Å²) in [5, 5.41) is 4.22. The minimum atomic E-state index is -4.38. The molecule has 3 aromatic rings. The van der Waals surface area contributed by atoms with Gasteiger partial charge in [0.25, 0.3) is 5.91 Å². The lowest BCUT2D eigenvalue weighted by molar-refractivity contribution is -0.137. The number of nitrogens with two attached hydrogens (primary N) is 1. The predicted molar refractivity (Wildman–Crippen MR) is 88.7 cm³/mol. The third kappa shape index (κ3) is 3.69. The molecule has 0 radical (unpaired) electrons. The van der Waals surface area contributed by atoms with Crippen molar-refractivity contribution in [3.05, 3.63) is 65.9 Å². The van der Waals surface area contributed by atoms with Crippen molar-refractivity contribution < 1.29 is 22.7 Å². The summed E-state index contributed by atoms with van der Waals surface area (Å²) < 4.78 is 44.6. The van der Waals surface area contributed by atoms with Crippen molar-refractivity contribution in [1.82, 2.24) is 9.78 Å². The van der Waals surface area contributed by atoms with Gasteiger partial charge in [-0.3, -0.25) is 9.48 Å². The first-order valence-electron chi connectivity index (χ1n) is 7.53. The lowest BCUT2D eigenvalue weighted by Gasteiger charge is -2.09. The van der Waals surface area contributed by atoms with E-state index in [2.05, 4.69) is 5.10 Å².